The van der Waals surface area contributed by atoms with Crippen LogP contribution in [0.1, 0.15) is 55.6 Å². The Morgan fingerprint density at radius 2 is 0.688 bits per heavy atom. The molecule has 0 radical (unpaired) electrons. The maximum Gasteiger partial charge on any atom is 0.0544 e. The van der Waals surface area contributed by atoms with Gasteiger partial charge >= 0.3 is 0 Å². The quantitative estimate of drug-likeness (QED) is 0.129. The van der Waals surface area contributed by atoms with E-state index in [4.69, 9.17) is 0 Å². The molecule has 0 aliphatic heterocycles. The summed E-state index contributed by atoms with van der Waals surface area (Å²) in [7, 11) is 2.36. The van der Waals surface area contributed by atoms with Crippen LogP contribution in [0.2, 0.25) is 0 Å². The van der Waals surface area contributed by atoms with Crippen LogP contribution < -0.4 is 10.6 Å². The first kappa shape index (κ1) is 31.6. The Morgan fingerprint density at radius 1 is 0.375 bits per heavy atom. The van der Waals surface area contributed by atoms with Gasteiger partial charge in [0.2, 0.25) is 0 Å². The van der Waals surface area contributed by atoms with E-state index >= 15 is 0 Å². The Kier molecular flexibility index (Phi) is 8.75. The van der Waals surface area contributed by atoms with Crippen LogP contribution in [0.25, 0.3) is 22.3 Å². The minimum atomic E-state index is 1.03. The monoisotopic (exact) mass is 650 g/mol. The molecule has 0 atom stereocenters. The molecule has 0 N–H and O–H groups in total. The minimum Gasteiger partial charge on any atom is -0.0622 e. The molecule has 3 aromatic rings. The van der Waals surface area contributed by atoms with Crippen molar-refractivity contribution in [2.75, 3.05) is 0 Å². The summed E-state index contributed by atoms with van der Waals surface area (Å²) in [6.07, 6.45) is 0. The van der Waals surface area contributed by atoms with Crippen molar-refractivity contribution in [1.82, 2.24) is 0 Å². The van der Waals surface area contributed by atoms with E-state index in [1.807, 2.05) is 0 Å². The summed E-state index contributed by atoms with van der Waals surface area (Å²) in [6, 6.07) is 39.0. The number of hydrogen-bond donors (Lipinski definition) is 0. The van der Waals surface area contributed by atoms with Crippen molar-refractivity contribution in [1.29, 1.82) is 0 Å². The molecule has 0 aromatic heterocycles. The molecule has 7 rings (SSSR count). The fourth-order valence-corrected chi connectivity index (χ4v) is 9.34. The molecule has 4 aliphatic rings. The topological polar surface area (TPSA) is 0 Å². The van der Waals surface area contributed by atoms with Gasteiger partial charge in [-0.1, -0.05) is 136 Å². The zero-order chi connectivity index (χ0) is 33.4. The standard InChI is InChI=1S/C46H36P2/c1-29-21-31(3)43(32(4)22-29)47-45-41(19-17-35-25-37-13-9-7-10-14-38(37)26-35)42(46(45)48-44-33(5)23-30(2)24-34(44)6)20-18-36-27-39-15-11-8-12-16-40(39)28-36/h7-16,21-28H,1-6H3. The number of fused-ring (bicyclic) bond motifs is 2. The molecule has 230 valence electrons. The fraction of sp³-hybridized carbons (Fsp3) is 0.130. The van der Waals surface area contributed by atoms with Crippen LogP contribution in [0.15, 0.2) is 109 Å². The molecule has 2 heteroatoms. The molecule has 0 bridgehead atoms. The first-order valence-corrected chi connectivity index (χ1v) is 18.1. The zero-order valence-electron chi connectivity index (χ0n) is 28.3. The predicted molar refractivity (Wildman–Crippen MR) is 208 cm³/mol. The lowest BCUT2D eigenvalue weighted by molar-refractivity contribution is 1.35. The minimum absolute atomic E-state index is 1.03. The van der Waals surface area contributed by atoms with Crippen LogP contribution in [-0.4, -0.2) is 0 Å². The van der Waals surface area contributed by atoms with E-state index < -0.39 is 0 Å². The second-order valence-electron chi connectivity index (χ2n) is 12.8. The Hall–Kier alpha value is -4.96. The van der Waals surface area contributed by atoms with Crippen molar-refractivity contribution in [2.24, 2.45) is 0 Å². The third kappa shape index (κ3) is 6.44. The van der Waals surface area contributed by atoms with Gasteiger partial charge in [-0.3, -0.25) is 0 Å². The van der Waals surface area contributed by atoms with Crippen LogP contribution in [0, 0.1) is 75.1 Å². The van der Waals surface area contributed by atoms with Crippen molar-refractivity contribution >= 4 is 27.0 Å². The van der Waals surface area contributed by atoms with E-state index in [0.717, 1.165) is 22.3 Å². The van der Waals surface area contributed by atoms with Crippen molar-refractivity contribution in [3.63, 3.8) is 0 Å². The van der Waals surface area contributed by atoms with Crippen molar-refractivity contribution in [3.05, 3.63) is 175 Å². The molecule has 4 aliphatic carbocycles. The number of rotatable bonds is 2. The molecule has 0 saturated heterocycles. The molecule has 0 unspecified atom stereocenters. The van der Waals surface area contributed by atoms with Crippen molar-refractivity contribution in [2.45, 2.75) is 41.5 Å². The summed E-state index contributed by atoms with van der Waals surface area (Å²) in [4.78, 5) is 2.56. The molecule has 3 aromatic carbocycles. The Labute approximate surface area is 288 Å². The SMILES string of the molecule is Cc1cc(C)c(P=c2c(C#Cc3cc4cccccc-4c3)c(C#Cc3cc4cccccc-4c3)c2=Pc2c(C)cc(C)cc2C)c(C)c1. The molecule has 0 heterocycles. The normalized spacial score (nSPS) is 11.9. The van der Waals surface area contributed by atoms with Crippen LogP contribution in [0.4, 0.5) is 0 Å². The largest absolute Gasteiger partial charge is 0.0622 e. The molecule has 0 amide bonds. The third-order valence-corrected chi connectivity index (χ3v) is 12.2. The average molecular weight is 651 g/mol. The predicted octanol–water partition coefficient (Wildman–Crippen LogP) is 11.0. The van der Waals surface area contributed by atoms with Gasteiger partial charge in [0.15, 0.2) is 0 Å². The van der Waals surface area contributed by atoms with Crippen LogP contribution in [-0.2, 0) is 0 Å². The molecular formula is C46H36P2. The van der Waals surface area contributed by atoms with E-state index in [-0.39, 0.29) is 0 Å². The smallest absolute Gasteiger partial charge is 0.0544 e. The van der Waals surface area contributed by atoms with Gasteiger partial charge in [0.05, 0.1) is 11.1 Å². The van der Waals surface area contributed by atoms with Gasteiger partial charge in [-0.2, -0.15) is 0 Å². The molecule has 0 saturated carbocycles. The first-order valence-electron chi connectivity index (χ1n) is 16.3. The van der Waals surface area contributed by atoms with Crippen LogP contribution in [0.3, 0.4) is 0 Å². The maximum atomic E-state index is 3.65. The van der Waals surface area contributed by atoms with E-state index in [0.29, 0.717) is 0 Å². The Bertz CT molecular complexity index is 2240. The molecule has 48 heavy (non-hydrogen) atoms. The summed E-state index contributed by atoms with van der Waals surface area (Å²) < 4.78 is 0. The lowest BCUT2D eigenvalue weighted by atomic mass is 10.0. The fourth-order valence-electron chi connectivity index (χ4n) is 6.64. The van der Waals surface area contributed by atoms with Gasteiger partial charge < -0.3 is 0 Å². The van der Waals surface area contributed by atoms with E-state index in [9.17, 15) is 0 Å². The lowest BCUT2D eigenvalue weighted by Gasteiger charge is -2.13. The highest BCUT2D eigenvalue weighted by Gasteiger charge is 2.16. The van der Waals surface area contributed by atoms with E-state index in [2.05, 4.69) is 174 Å². The van der Waals surface area contributed by atoms with Gasteiger partial charge in [0.25, 0.3) is 0 Å². The molecule has 0 nitrogen and oxygen atoms in total. The Morgan fingerprint density at radius 3 is 1.00 bits per heavy atom. The highest BCUT2D eigenvalue weighted by atomic mass is 31.1. The molecule has 0 spiro atoms. The second-order valence-corrected chi connectivity index (χ2v) is 15.0. The molecular weight excluding hydrogens is 614 g/mol. The van der Waals surface area contributed by atoms with Crippen molar-refractivity contribution in [3.8, 4) is 45.9 Å². The van der Waals surface area contributed by atoms with Gasteiger partial charge in [0, 0.05) is 31.6 Å². The van der Waals surface area contributed by atoms with Gasteiger partial charge in [-0.15, -0.1) is 0 Å². The third-order valence-electron chi connectivity index (χ3n) is 8.79. The summed E-state index contributed by atoms with van der Waals surface area (Å²) in [5.74, 6) is 14.4. The van der Waals surface area contributed by atoms with Crippen LogP contribution in [0.5, 0.6) is 0 Å². The van der Waals surface area contributed by atoms with Crippen molar-refractivity contribution < 1.29 is 0 Å². The zero-order valence-corrected chi connectivity index (χ0v) is 30.1. The highest BCUT2D eigenvalue weighted by Crippen LogP contribution is 2.31. The highest BCUT2D eigenvalue weighted by molar-refractivity contribution is 7.42. The summed E-state index contributed by atoms with van der Waals surface area (Å²) in [6.45, 7) is 13.3. The maximum absolute atomic E-state index is 3.65. The van der Waals surface area contributed by atoms with Gasteiger partial charge in [-0.25, -0.2) is 0 Å². The average Bonchev–Trinajstić information content (AvgIpc) is 3.44. The number of hydrogen-bond acceptors (Lipinski definition) is 0. The number of aryl methyl sites for hydroxylation is 6. The first-order chi connectivity index (χ1) is 23.2. The summed E-state index contributed by atoms with van der Waals surface area (Å²) >= 11 is 0. The van der Waals surface area contributed by atoms with E-state index in [1.54, 1.807) is 0 Å². The van der Waals surface area contributed by atoms with Gasteiger partial charge in [-0.05, 0) is 110 Å². The van der Waals surface area contributed by atoms with E-state index in [1.165, 1.54) is 92.5 Å². The summed E-state index contributed by atoms with van der Waals surface area (Å²) in [5, 5.41) is 2.71. The summed E-state index contributed by atoms with van der Waals surface area (Å²) in [5.41, 5.74) is 16.9. The lowest BCUT2D eigenvalue weighted by Crippen LogP contribution is -2.07. The Balaban J connectivity index is 1.50. The number of benzene rings is 2. The molecule has 0 fully saturated rings. The van der Waals surface area contributed by atoms with Gasteiger partial charge in [0.1, 0.15) is 0 Å². The van der Waals surface area contributed by atoms with Crippen LogP contribution >= 0.6 is 16.4 Å². The second kappa shape index (κ2) is 13.3.